The molecule has 8 heteroatoms. The first-order valence-corrected chi connectivity index (χ1v) is 11.7. The van der Waals surface area contributed by atoms with Crippen LogP contribution < -0.4 is 11.1 Å². The molecule has 0 bridgehead atoms. The fourth-order valence-electron chi connectivity index (χ4n) is 5.24. The van der Waals surface area contributed by atoms with E-state index in [1.165, 1.54) is 12.1 Å². The lowest BCUT2D eigenvalue weighted by molar-refractivity contribution is 0.00983. The zero-order valence-electron chi connectivity index (χ0n) is 20.3. The number of nitrogens with two attached hydrogens (primary N) is 1. The molecule has 1 fully saturated rings. The van der Waals surface area contributed by atoms with Crippen LogP contribution >= 0.6 is 0 Å². The maximum Gasteiger partial charge on any atom is 0.274 e. The first kappa shape index (κ1) is 24.9. The molecule has 4 atom stereocenters. The summed E-state index contributed by atoms with van der Waals surface area (Å²) in [4.78, 5) is 21.5. The van der Waals surface area contributed by atoms with Crippen molar-refractivity contribution in [3.8, 4) is 11.3 Å². The topological polar surface area (TPSA) is 90.1 Å². The largest absolute Gasteiger partial charge is 0.380 e. The van der Waals surface area contributed by atoms with E-state index in [9.17, 15) is 13.6 Å². The second-order valence-corrected chi connectivity index (χ2v) is 9.39. The fourth-order valence-corrected chi connectivity index (χ4v) is 5.24. The van der Waals surface area contributed by atoms with Crippen LogP contribution in [0.25, 0.3) is 11.3 Å². The quantitative estimate of drug-likeness (QED) is 0.527. The van der Waals surface area contributed by atoms with Gasteiger partial charge in [-0.3, -0.25) is 9.78 Å². The van der Waals surface area contributed by atoms with Gasteiger partial charge in [0.1, 0.15) is 23.0 Å². The molecule has 6 nitrogen and oxygen atoms in total. The summed E-state index contributed by atoms with van der Waals surface area (Å²) >= 11 is 0. The van der Waals surface area contributed by atoms with Gasteiger partial charge in [0, 0.05) is 24.9 Å². The van der Waals surface area contributed by atoms with E-state index in [-0.39, 0.29) is 40.9 Å². The van der Waals surface area contributed by atoms with Gasteiger partial charge < -0.3 is 15.8 Å². The van der Waals surface area contributed by atoms with Gasteiger partial charge in [-0.15, -0.1) is 0 Å². The van der Waals surface area contributed by atoms with Gasteiger partial charge >= 0.3 is 0 Å². The minimum Gasteiger partial charge on any atom is -0.380 e. The zero-order valence-corrected chi connectivity index (χ0v) is 20.3. The van der Waals surface area contributed by atoms with Crippen molar-refractivity contribution in [2.75, 3.05) is 12.4 Å². The number of methoxy groups -OCH3 is 1. The second kappa shape index (κ2) is 10.2. The highest BCUT2D eigenvalue weighted by molar-refractivity contribution is 6.03. The van der Waals surface area contributed by atoms with Crippen LogP contribution in [0.3, 0.4) is 0 Å². The van der Waals surface area contributed by atoms with E-state index in [0.717, 1.165) is 23.6 Å². The van der Waals surface area contributed by atoms with Gasteiger partial charge in [0.15, 0.2) is 0 Å². The Labute approximate surface area is 203 Å². The zero-order chi connectivity index (χ0) is 25.3. The molecule has 0 unspecified atom stereocenters. The third kappa shape index (κ3) is 5.09. The number of carbonyl (C=O) groups excluding carboxylic acids is 1. The van der Waals surface area contributed by atoms with Gasteiger partial charge in [-0.2, -0.15) is 0 Å². The highest BCUT2D eigenvalue weighted by Crippen LogP contribution is 2.39. The third-order valence-corrected chi connectivity index (χ3v) is 6.76. The van der Waals surface area contributed by atoms with Crippen molar-refractivity contribution >= 4 is 11.6 Å². The molecule has 1 aliphatic carbocycles. The van der Waals surface area contributed by atoms with Gasteiger partial charge in [-0.05, 0) is 79.5 Å². The lowest BCUT2D eigenvalue weighted by Crippen LogP contribution is -2.45. The number of rotatable bonds is 5. The maximum absolute atomic E-state index is 14.7. The summed E-state index contributed by atoms with van der Waals surface area (Å²) < 4.78 is 34.9. The van der Waals surface area contributed by atoms with Crippen LogP contribution in [0.5, 0.6) is 0 Å². The normalized spacial score (nSPS) is 22.1. The monoisotopic (exact) mass is 480 g/mol. The highest BCUT2D eigenvalue weighted by atomic mass is 19.1. The number of amides is 1. The van der Waals surface area contributed by atoms with E-state index in [2.05, 4.69) is 22.2 Å². The summed E-state index contributed by atoms with van der Waals surface area (Å²) in [6.45, 7) is 5.55. The number of aryl methyl sites for hydroxylation is 2. The third-order valence-electron chi connectivity index (χ3n) is 6.76. The van der Waals surface area contributed by atoms with Crippen LogP contribution in [0.4, 0.5) is 14.5 Å². The van der Waals surface area contributed by atoms with Crippen LogP contribution in [0.15, 0.2) is 42.7 Å². The molecule has 1 saturated carbocycles. The summed E-state index contributed by atoms with van der Waals surface area (Å²) in [5.41, 5.74) is 8.91. The molecule has 1 amide bonds. The molecule has 1 aromatic carbocycles. The Morgan fingerprint density at radius 2 is 1.91 bits per heavy atom. The number of carbonyl (C=O) groups is 1. The van der Waals surface area contributed by atoms with Gasteiger partial charge in [0.25, 0.3) is 5.91 Å². The number of anilines is 1. The van der Waals surface area contributed by atoms with E-state index in [4.69, 9.17) is 10.5 Å². The minimum atomic E-state index is -0.702. The SMILES string of the molecule is CO[C@H]1[C@H](N)C[C@H](c2ccncc2NC(=O)c2ccc(F)c(-c3c(C)cc(C)cc3F)n2)C[C@@H]1C. The van der Waals surface area contributed by atoms with Crippen molar-refractivity contribution in [3.05, 3.63) is 76.7 Å². The van der Waals surface area contributed by atoms with Crippen LogP contribution in [0.1, 0.15) is 52.9 Å². The Morgan fingerprint density at radius 1 is 1.14 bits per heavy atom. The Kier molecular flexibility index (Phi) is 7.23. The molecule has 2 aromatic heterocycles. The molecule has 3 aromatic rings. The number of nitrogens with one attached hydrogen (secondary N) is 1. The van der Waals surface area contributed by atoms with E-state index in [1.54, 1.807) is 39.4 Å². The van der Waals surface area contributed by atoms with E-state index in [0.29, 0.717) is 17.7 Å². The molecular weight excluding hydrogens is 450 g/mol. The van der Waals surface area contributed by atoms with Crippen molar-refractivity contribution < 1.29 is 18.3 Å². The van der Waals surface area contributed by atoms with Crippen LogP contribution in [-0.4, -0.2) is 35.1 Å². The first-order valence-electron chi connectivity index (χ1n) is 11.7. The first-order chi connectivity index (χ1) is 16.7. The molecule has 2 heterocycles. The highest BCUT2D eigenvalue weighted by Gasteiger charge is 2.35. The predicted octanol–water partition coefficient (Wildman–Crippen LogP) is 5.15. The summed E-state index contributed by atoms with van der Waals surface area (Å²) in [6.07, 6.45) is 4.81. The fraction of sp³-hybridized carbons (Fsp3) is 0.370. The summed E-state index contributed by atoms with van der Waals surface area (Å²) in [6, 6.07) is 7.24. The van der Waals surface area contributed by atoms with Crippen LogP contribution in [-0.2, 0) is 4.74 Å². The lowest BCUT2D eigenvalue weighted by Gasteiger charge is -2.38. The van der Waals surface area contributed by atoms with Crippen molar-refractivity contribution in [1.82, 2.24) is 9.97 Å². The molecule has 0 radical (unpaired) electrons. The smallest absolute Gasteiger partial charge is 0.274 e. The molecule has 0 spiro atoms. The average Bonchev–Trinajstić information content (AvgIpc) is 2.79. The summed E-state index contributed by atoms with van der Waals surface area (Å²) in [7, 11) is 1.67. The van der Waals surface area contributed by atoms with Gasteiger partial charge in [0.05, 0.1) is 18.0 Å². The Balaban J connectivity index is 1.62. The predicted molar refractivity (Wildman–Crippen MR) is 131 cm³/mol. The van der Waals surface area contributed by atoms with Gasteiger partial charge in [-0.1, -0.05) is 13.0 Å². The van der Waals surface area contributed by atoms with Crippen molar-refractivity contribution in [1.29, 1.82) is 0 Å². The number of ether oxygens (including phenoxy) is 1. The van der Waals surface area contributed by atoms with Gasteiger partial charge in [-0.25, -0.2) is 13.8 Å². The summed E-state index contributed by atoms with van der Waals surface area (Å²) in [5.74, 6) is -1.45. The lowest BCUT2D eigenvalue weighted by atomic mass is 9.74. The Hall–Kier alpha value is -3.23. The van der Waals surface area contributed by atoms with Crippen LogP contribution in [0.2, 0.25) is 0 Å². The Morgan fingerprint density at radius 3 is 2.60 bits per heavy atom. The molecule has 4 rings (SSSR count). The number of hydrogen-bond donors (Lipinski definition) is 2. The Bertz CT molecular complexity index is 1210. The van der Waals surface area contributed by atoms with E-state index in [1.807, 2.05) is 6.07 Å². The van der Waals surface area contributed by atoms with Crippen LogP contribution in [0, 0.1) is 31.4 Å². The molecule has 35 heavy (non-hydrogen) atoms. The van der Waals surface area contributed by atoms with Gasteiger partial charge in [0.2, 0.25) is 0 Å². The molecule has 3 N–H and O–H groups in total. The minimum absolute atomic E-state index is 0.0152. The molecule has 1 aliphatic rings. The number of nitrogens with zero attached hydrogens (tertiary/aromatic N) is 2. The molecular formula is C27H30F2N4O2. The number of hydrogen-bond acceptors (Lipinski definition) is 5. The number of pyridine rings is 2. The van der Waals surface area contributed by atoms with Crippen molar-refractivity contribution in [2.24, 2.45) is 11.7 Å². The average molecular weight is 481 g/mol. The number of aromatic nitrogens is 2. The van der Waals surface area contributed by atoms with E-state index < -0.39 is 17.5 Å². The maximum atomic E-state index is 14.7. The second-order valence-electron chi connectivity index (χ2n) is 9.39. The number of halogens is 2. The van der Waals surface area contributed by atoms with Crippen molar-refractivity contribution in [3.63, 3.8) is 0 Å². The standard InChI is InChI=1S/C27H30F2N4O2/c1-14-9-15(2)24(20(29)10-14)25-19(28)5-6-22(32-25)27(34)33-23-13-31-8-7-18(23)17-11-16(3)26(35-4)21(30)12-17/h5-10,13,16-17,21,26H,11-12,30H2,1-4H3,(H,33,34)/t16-,17+,21+,26+/m0/s1. The van der Waals surface area contributed by atoms with Crippen molar-refractivity contribution in [2.45, 2.75) is 51.7 Å². The van der Waals surface area contributed by atoms with E-state index >= 15 is 0 Å². The number of benzene rings is 1. The molecule has 0 aliphatic heterocycles. The molecule has 0 saturated heterocycles. The summed E-state index contributed by atoms with van der Waals surface area (Å²) in [5, 5.41) is 2.86. The molecule has 184 valence electrons.